The molecule has 4 aliphatic heterocycles. The van der Waals surface area contributed by atoms with Crippen LogP contribution in [0.25, 0.3) is 0 Å². The molecule has 18 heteroatoms. The van der Waals surface area contributed by atoms with Crippen LogP contribution in [0.4, 0.5) is 0 Å². The fraction of sp³-hybridized carbons (Fsp3) is 1.00. The van der Waals surface area contributed by atoms with Crippen molar-refractivity contribution in [1.82, 2.24) is 0 Å². The first-order chi connectivity index (χ1) is 19.4. The third-order valence-electron chi connectivity index (χ3n) is 7.49. The first-order valence-electron chi connectivity index (χ1n) is 13.3. The smallest absolute Gasteiger partial charge is 0.187 e. The molecule has 4 aliphatic rings. The molecule has 0 aromatic heterocycles. The Morgan fingerprint density at radius 2 is 1.27 bits per heavy atom. The number of hydrogen-bond acceptors (Lipinski definition) is 18. The van der Waals surface area contributed by atoms with Gasteiger partial charge in [-0.1, -0.05) is 0 Å². The molecule has 0 radical (unpaired) electrons. The van der Waals surface area contributed by atoms with Crippen LogP contribution in [0, 0.1) is 0 Å². The molecule has 4 fully saturated rings. The number of ether oxygens (including phenoxy) is 7. The van der Waals surface area contributed by atoms with Gasteiger partial charge in [0.05, 0.1) is 38.6 Å². The summed E-state index contributed by atoms with van der Waals surface area (Å²) in [6.07, 6.45) is -25.0. The van der Waals surface area contributed by atoms with E-state index in [0.717, 1.165) is 0 Å². The Hall–Kier alpha value is -0.720. The molecule has 0 unspecified atom stereocenters. The molecule has 4 rings (SSSR count). The molecule has 0 aromatic rings. The van der Waals surface area contributed by atoms with E-state index in [9.17, 15) is 56.2 Å². The molecule has 4 saturated heterocycles. The SMILES string of the molecule is OC[C@H]1O[C@H](O)[C@H](O)[C@@H](O)[C@@H]1O[C@H]1O[C@H](CO[C@@H]2C[C@@H](O)[C@H](O)[C@@H](CO[C@H]3OC[C@@H](O)C[C@H]3O)O2)[C@@H](O)[C@H](O)[C@H]1O. The average molecular weight is 605 g/mol. The third kappa shape index (κ3) is 7.69. The molecule has 0 aromatic carbocycles. The van der Waals surface area contributed by atoms with E-state index < -0.39 is 118 Å². The van der Waals surface area contributed by atoms with Gasteiger partial charge < -0.3 is 89.3 Å². The summed E-state index contributed by atoms with van der Waals surface area (Å²) < 4.78 is 38.0. The van der Waals surface area contributed by atoms with Crippen molar-refractivity contribution in [3.05, 3.63) is 0 Å². The lowest BCUT2D eigenvalue weighted by atomic mass is 9.97. The Bertz CT molecular complexity index is 807. The van der Waals surface area contributed by atoms with Crippen LogP contribution in [0.1, 0.15) is 12.8 Å². The van der Waals surface area contributed by atoms with Gasteiger partial charge in [-0.15, -0.1) is 0 Å². The number of aliphatic hydroxyl groups is 11. The van der Waals surface area contributed by atoms with E-state index in [1.54, 1.807) is 0 Å². The molecule has 0 aliphatic carbocycles. The third-order valence-corrected chi connectivity index (χ3v) is 7.49. The maximum atomic E-state index is 10.4. The molecule has 0 amide bonds. The zero-order valence-corrected chi connectivity index (χ0v) is 21.8. The normalized spacial score (nSPS) is 51.4. The van der Waals surface area contributed by atoms with E-state index in [1.807, 2.05) is 0 Å². The maximum absolute atomic E-state index is 10.4. The van der Waals surface area contributed by atoms with Gasteiger partial charge in [0.1, 0.15) is 67.1 Å². The van der Waals surface area contributed by atoms with E-state index in [1.165, 1.54) is 0 Å². The second-order valence-corrected chi connectivity index (χ2v) is 10.6. The minimum atomic E-state index is -1.85. The highest BCUT2D eigenvalue weighted by Crippen LogP contribution is 2.30. The molecule has 240 valence electrons. The van der Waals surface area contributed by atoms with Crippen LogP contribution < -0.4 is 0 Å². The van der Waals surface area contributed by atoms with Crippen LogP contribution in [-0.2, 0) is 33.2 Å². The van der Waals surface area contributed by atoms with Crippen molar-refractivity contribution in [2.24, 2.45) is 0 Å². The lowest BCUT2D eigenvalue weighted by molar-refractivity contribution is -0.359. The molecule has 17 atom stereocenters. The summed E-state index contributed by atoms with van der Waals surface area (Å²) in [5.74, 6) is 0. The summed E-state index contributed by atoms with van der Waals surface area (Å²) in [6.45, 7) is -1.62. The zero-order valence-electron chi connectivity index (χ0n) is 21.8. The van der Waals surface area contributed by atoms with Crippen LogP contribution in [0.2, 0.25) is 0 Å². The first-order valence-corrected chi connectivity index (χ1v) is 13.3. The van der Waals surface area contributed by atoms with E-state index in [2.05, 4.69) is 0 Å². The standard InChI is InChI=1S/C23H40O18/c24-3-10-20(17(31)18(32)21(34)39-10)41-23-19(33)16(30)15(29)12(40-23)5-35-13-2-8(26)14(28)11(38-13)6-37-22-9(27)1-7(25)4-36-22/h7-34H,1-6H2/t7-,8+,9+,10+,11+,12+,13-,14-,15+,16-,17+,18+,19+,20+,21-,22+,23+/m0/s1. The summed E-state index contributed by atoms with van der Waals surface area (Å²) in [7, 11) is 0. The molecule has 18 nitrogen and oxygen atoms in total. The summed E-state index contributed by atoms with van der Waals surface area (Å²) >= 11 is 0. The minimum Gasteiger partial charge on any atom is -0.394 e. The van der Waals surface area contributed by atoms with Crippen LogP contribution in [0.3, 0.4) is 0 Å². The van der Waals surface area contributed by atoms with Crippen LogP contribution in [0.5, 0.6) is 0 Å². The first kappa shape index (κ1) is 33.2. The topological polar surface area (TPSA) is 287 Å². The van der Waals surface area contributed by atoms with Gasteiger partial charge in [0.25, 0.3) is 0 Å². The minimum absolute atomic E-state index is 0.0258. The summed E-state index contributed by atoms with van der Waals surface area (Å²) in [4.78, 5) is 0. The zero-order chi connectivity index (χ0) is 30.0. The Balaban J connectivity index is 1.33. The van der Waals surface area contributed by atoms with Crippen LogP contribution >= 0.6 is 0 Å². The Labute approximate surface area is 233 Å². The van der Waals surface area contributed by atoms with Crippen molar-refractivity contribution in [1.29, 1.82) is 0 Å². The fourth-order valence-corrected chi connectivity index (χ4v) is 5.04. The van der Waals surface area contributed by atoms with Gasteiger partial charge in [0.15, 0.2) is 25.2 Å². The van der Waals surface area contributed by atoms with Crippen molar-refractivity contribution < 1.29 is 89.3 Å². The van der Waals surface area contributed by atoms with Gasteiger partial charge >= 0.3 is 0 Å². The summed E-state index contributed by atoms with van der Waals surface area (Å²) in [6, 6.07) is 0. The summed E-state index contributed by atoms with van der Waals surface area (Å²) in [5, 5.41) is 111. The van der Waals surface area contributed by atoms with Gasteiger partial charge in [-0.2, -0.15) is 0 Å². The van der Waals surface area contributed by atoms with Crippen molar-refractivity contribution >= 4 is 0 Å². The quantitative estimate of drug-likeness (QED) is 0.116. The molecule has 0 spiro atoms. The van der Waals surface area contributed by atoms with Crippen molar-refractivity contribution in [2.75, 3.05) is 26.4 Å². The maximum Gasteiger partial charge on any atom is 0.187 e. The van der Waals surface area contributed by atoms with Crippen molar-refractivity contribution in [3.8, 4) is 0 Å². The fourth-order valence-electron chi connectivity index (χ4n) is 5.04. The number of hydrogen-bond donors (Lipinski definition) is 11. The monoisotopic (exact) mass is 604 g/mol. The Morgan fingerprint density at radius 1 is 0.585 bits per heavy atom. The van der Waals surface area contributed by atoms with Gasteiger partial charge in [0.2, 0.25) is 0 Å². The highest BCUT2D eigenvalue weighted by Gasteiger charge is 2.50. The Morgan fingerprint density at radius 3 is 1.95 bits per heavy atom. The van der Waals surface area contributed by atoms with Gasteiger partial charge in [0, 0.05) is 12.8 Å². The molecule has 0 bridgehead atoms. The van der Waals surface area contributed by atoms with E-state index >= 15 is 0 Å². The molecule has 41 heavy (non-hydrogen) atoms. The Kier molecular flexibility index (Phi) is 11.6. The molecular formula is C23H40O18. The van der Waals surface area contributed by atoms with Crippen LogP contribution in [-0.4, -0.2) is 187 Å². The predicted molar refractivity (Wildman–Crippen MR) is 125 cm³/mol. The second kappa shape index (κ2) is 14.4. The number of rotatable bonds is 9. The van der Waals surface area contributed by atoms with Gasteiger partial charge in [-0.3, -0.25) is 0 Å². The summed E-state index contributed by atoms with van der Waals surface area (Å²) in [5.41, 5.74) is 0. The molecular weight excluding hydrogens is 564 g/mol. The van der Waals surface area contributed by atoms with E-state index in [0.29, 0.717) is 0 Å². The number of aliphatic hydroxyl groups excluding tert-OH is 11. The highest BCUT2D eigenvalue weighted by molar-refractivity contribution is 4.94. The van der Waals surface area contributed by atoms with Crippen molar-refractivity contribution in [3.63, 3.8) is 0 Å². The molecule has 4 heterocycles. The predicted octanol–water partition coefficient (Wildman–Crippen LogP) is -7.05. The molecule has 11 N–H and O–H groups in total. The van der Waals surface area contributed by atoms with Crippen molar-refractivity contribution in [2.45, 2.75) is 117 Å². The van der Waals surface area contributed by atoms with E-state index in [-0.39, 0.29) is 26.1 Å². The highest BCUT2D eigenvalue weighted by atomic mass is 16.7. The molecule has 0 saturated carbocycles. The largest absolute Gasteiger partial charge is 0.394 e. The lowest BCUT2D eigenvalue weighted by Crippen LogP contribution is -2.64. The average Bonchev–Trinajstić information content (AvgIpc) is 2.94. The van der Waals surface area contributed by atoms with Gasteiger partial charge in [-0.05, 0) is 0 Å². The van der Waals surface area contributed by atoms with Gasteiger partial charge in [-0.25, -0.2) is 0 Å². The van der Waals surface area contributed by atoms with E-state index in [4.69, 9.17) is 33.2 Å². The second-order valence-electron chi connectivity index (χ2n) is 10.6. The lowest BCUT2D eigenvalue weighted by Gasteiger charge is -2.45. The van der Waals surface area contributed by atoms with Crippen LogP contribution in [0.15, 0.2) is 0 Å².